The molecule has 7 heteroatoms. The van der Waals surface area contributed by atoms with Crippen LogP contribution in [0.3, 0.4) is 0 Å². The maximum Gasteiger partial charge on any atom is 0.191 e. The van der Waals surface area contributed by atoms with E-state index in [1.807, 2.05) is 6.92 Å². The molecule has 2 atom stereocenters. The lowest BCUT2D eigenvalue weighted by Crippen LogP contribution is -2.45. The molecular formula is C20H32IN3O3. The lowest BCUT2D eigenvalue weighted by atomic mass is 10.0. The first-order valence-corrected chi connectivity index (χ1v) is 9.56. The summed E-state index contributed by atoms with van der Waals surface area (Å²) in [7, 11) is 1.78. The van der Waals surface area contributed by atoms with Crippen molar-refractivity contribution in [2.45, 2.75) is 58.3 Å². The molecule has 2 aliphatic rings. The predicted octanol–water partition coefficient (Wildman–Crippen LogP) is 3.26. The Bertz CT molecular complexity index is 660. The number of guanidine groups is 1. The van der Waals surface area contributed by atoms with Crippen LogP contribution in [0.25, 0.3) is 0 Å². The Labute approximate surface area is 179 Å². The number of benzene rings is 1. The second kappa shape index (κ2) is 9.82. The number of halogens is 1. The van der Waals surface area contributed by atoms with Gasteiger partial charge in [-0.3, -0.25) is 4.99 Å². The van der Waals surface area contributed by atoms with Crippen molar-refractivity contribution >= 4 is 29.9 Å². The molecule has 0 saturated carbocycles. The first kappa shape index (κ1) is 22.1. The minimum Gasteiger partial charge on any atom is -0.494 e. The van der Waals surface area contributed by atoms with Gasteiger partial charge in [0.1, 0.15) is 17.6 Å². The Morgan fingerprint density at radius 1 is 1.37 bits per heavy atom. The summed E-state index contributed by atoms with van der Waals surface area (Å²) in [5, 5.41) is 6.75. The first-order valence-electron chi connectivity index (χ1n) is 9.56. The fourth-order valence-electron chi connectivity index (χ4n) is 3.56. The van der Waals surface area contributed by atoms with Crippen molar-refractivity contribution in [2.24, 2.45) is 4.99 Å². The van der Waals surface area contributed by atoms with Crippen LogP contribution in [-0.2, 0) is 17.7 Å². The van der Waals surface area contributed by atoms with Crippen LogP contribution in [0.15, 0.2) is 17.1 Å². The Balaban J connectivity index is 0.00000261. The number of fused-ring (bicyclic) bond motifs is 1. The Morgan fingerprint density at radius 3 is 2.85 bits per heavy atom. The topological polar surface area (TPSA) is 64.1 Å². The number of hydrogen-bond donors (Lipinski definition) is 2. The molecule has 0 bridgehead atoms. The number of rotatable bonds is 6. The number of aliphatic imine (C=N–C) groups is 1. The van der Waals surface area contributed by atoms with Gasteiger partial charge in [0.2, 0.25) is 0 Å². The molecule has 0 aromatic heterocycles. The van der Waals surface area contributed by atoms with E-state index < -0.39 is 0 Å². The normalized spacial score (nSPS) is 24.0. The number of ether oxygens (including phenoxy) is 3. The minimum absolute atomic E-state index is 0. The smallest absolute Gasteiger partial charge is 0.191 e. The second-order valence-electron chi connectivity index (χ2n) is 7.31. The van der Waals surface area contributed by atoms with E-state index in [1.165, 1.54) is 5.56 Å². The summed E-state index contributed by atoms with van der Waals surface area (Å²) in [6, 6.07) is 4.20. The van der Waals surface area contributed by atoms with E-state index in [2.05, 4.69) is 41.6 Å². The molecule has 2 aliphatic heterocycles. The van der Waals surface area contributed by atoms with E-state index in [0.29, 0.717) is 13.2 Å². The van der Waals surface area contributed by atoms with E-state index in [1.54, 1.807) is 7.05 Å². The zero-order valence-corrected chi connectivity index (χ0v) is 19.1. The summed E-state index contributed by atoms with van der Waals surface area (Å²) in [5.74, 6) is 2.64. The van der Waals surface area contributed by atoms with E-state index >= 15 is 0 Å². The molecule has 152 valence electrons. The molecule has 1 aromatic rings. The van der Waals surface area contributed by atoms with Gasteiger partial charge in [0.05, 0.1) is 12.2 Å². The molecule has 2 heterocycles. The van der Waals surface area contributed by atoms with Gasteiger partial charge < -0.3 is 24.8 Å². The maximum absolute atomic E-state index is 5.90. The molecule has 1 aromatic carbocycles. The lowest BCUT2D eigenvalue weighted by Gasteiger charge is -2.24. The predicted molar refractivity (Wildman–Crippen MR) is 119 cm³/mol. The third-order valence-electron chi connectivity index (χ3n) is 4.98. The van der Waals surface area contributed by atoms with Crippen LogP contribution >= 0.6 is 24.0 Å². The quantitative estimate of drug-likeness (QED) is 0.365. The van der Waals surface area contributed by atoms with Gasteiger partial charge >= 0.3 is 0 Å². The molecule has 2 unspecified atom stereocenters. The van der Waals surface area contributed by atoms with Gasteiger partial charge in [-0.2, -0.15) is 0 Å². The first-order chi connectivity index (χ1) is 12.5. The van der Waals surface area contributed by atoms with Crippen LogP contribution < -0.4 is 20.1 Å². The van der Waals surface area contributed by atoms with Gasteiger partial charge in [-0.25, -0.2) is 0 Å². The molecular weight excluding hydrogens is 457 g/mol. The van der Waals surface area contributed by atoms with Gasteiger partial charge in [-0.1, -0.05) is 0 Å². The summed E-state index contributed by atoms with van der Waals surface area (Å²) in [6.07, 6.45) is 3.36. The molecule has 2 N–H and O–H groups in total. The summed E-state index contributed by atoms with van der Waals surface area (Å²) < 4.78 is 17.6. The van der Waals surface area contributed by atoms with Gasteiger partial charge in [-0.15, -0.1) is 24.0 Å². The number of nitrogens with one attached hydrogen (secondary N) is 2. The molecule has 1 fully saturated rings. The van der Waals surface area contributed by atoms with Crippen molar-refractivity contribution < 1.29 is 14.2 Å². The van der Waals surface area contributed by atoms with Gasteiger partial charge in [-0.05, 0) is 45.7 Å². The molecule has 0 amide bonds. The summed E-state index contributed by atoms with van der Waals surface area (Å²) in [6.45, 7) is 9.10. The fourth-order valence-corrected chi connectivity index (χ4v) is 3.56. The molecule has 6 nitrogen and oxygen atoms in total. The monoisotopic (exact) mass is 489 g/mol. The fraction of sp³-hybridized carbons (Fsp3) is 0.650. The number of nitrogens with zero attached hydrogens (tertiary/aromatic N) is 1. The van der Waals surface area contributed by atoms with Gasteiger partial charge in [0.25, 0.3) is 0 Å². The zero-order chi connectivity index (χ0) is 18.6. The van der Waals surface area contributed by atoms with Gasteiger partial charge in [0.15, 0.2) is 5.96 Å². The highest BCUT2D eigenvalue weighted by Gasteiger charge is 2.29. The van der Waals surface area contributed by atoms with Crippen molar-refractivity contribution in [3.05, 3.63) is 23.3 Å². The van der Waals surface area contributed by atoms with Crippen molar-refractivity contribution in [2.75, 3.05) is 26.8 Å². The van der Waals surface area contributed by atoms with Gasteiger partial charge in [0, 0.05) is 44.3 Å². The van der Waals surface area contributed by atoms with Crippen LogP contribution in [0.2, 0.25) is 0 Å². The molecule has 0 radical (unpaired) electrons. The standard InChI is InChI=1S/C20H31N3O3.HI/c1-5-24-17-10-15-9-14(2)26-18(15)11-16(17)12-22-19(21-4)23-13-20(3)7-6-8-25-20;/h10-11,14H,5-9,12-13H2,1-4H3,(H2,21,22,23);1H. The highest BCUT2D eigenvalue weighted by atomic mass is 127. The third kappa shape index (κ3) is 5.63. The number of hydrogen-bond acceptors (Lipinski definition) is 4. The van der Waals surface area contributed by atoms with Crippen LogP contribution in [0.1, 0.15) is 44.7 Å². The van der Waals surface area contributed by atoms with Crippen molar-refractivity contribution in [3.63, 3.8) is 0 Å². The highest BCUT2D eigenvalue weighted by Crippen LogP contribution is 2.35. The van der Waals surface area contributed by atoms with E-state index in [0.717, 1.165) is 55.4 Å². The molecule has 27 heavy (non-hydrogen) atoms. The van der Waals surface area contributed by atoms with E-state index in [4.69, 9.17) is 14.2 Å². The molecule has 0 aliphatic carbocycles. The lowest BCUT2D eigenvalue weighted by molar-refractivity contribution is 0.0243. The van der Waals surface area contributed by atoms with Crippen molar-refractivity contribution in [1.29, 1.82) is 0 Å². The Morgan fingerprint density at radius 2 is 2.19 bits per heavy atom. The summed E-state index contributed by atoms with van der Waals surface area (Å²) in [5.41, 5.74) is 2.19. The minimum atomic E-state index is -0.106. The highest BCUT2D eigenvalue weighted by molar-refractivity contribution is 14.0. The molecule has 0 spiro atoms. The maximum atomic E-state index is 5.90. The summed E-state index contributed by atoms with van der Waals surface area (Å²) >= 11 is 0. The van der Waals surface area contributed by atoms with Crippen LogP contribution in [0, 0.1) is 0 Å². The van der Waals surface area contributed by atoms with E-state index in [9.17, 15) is 0 Å². The Hall–Kier alpha value is -1.22. The molecule has 1 saturated heterocycles. The van der Waals surface area contributed by atoms with Crippen LogP contribution in [-0.4, -0.2) is 44.5 Å². The average molecular weight is 489 g/mol. The van der Waals surface area contributed by atoms with Crippen LogP contribution in [0.4, 0.5) is 0 Å². The van der Waals surface area contributed by atoms with Crippen LogP contribution in [0.5, 0.6) is 11.5 Å². The zero-order valence-electron chi connectivity index (χ0n) is 16.8. The SMILES string of the molecule is CCOc1cc2c(cc1CNC(=NC)NCC1(C)CCCO1)OC(C)C2.I. The third-order valence-corrected chi connectivity index (χ3v) is 4.98. The van der Waals surface area contributed by atoms with Crippen molar-refractivity contribution in [1.82, 2.24) is 10.6 Å². The van der Waals surface area contributed by atoms with Crippen molar-refractivity contribution in [3.8, 4) is 11.5 Å². The Kier molecular flexibility index (Phi) is 8.03. The molecule has 3 rings (SSSR count). The van der Waals surface area contributed by atoms with E-state index in [-0.39, 0.29) is 35.7 Å². The largest absolute Gasteiger partial charge is 0.494 e. The average Bonchev–Trinajstić information content (AvgIpc) is 3.20. The second-order valence-corrected chi connectivity index (χ2v) is 7.31. The summed E-state index contributed by atoms with van der Waals surface area (Å²) in [4.78, 5) is 4.32.